The highest BCUT2D eigenvalue weighted by Crippen LogP contribution is 2.32. The Morgan fingerprint density at radius 2 is 2.13 bits per heavy atom. The monoisotopic (exact) mass is 446 g/mol. The van der Waals surface area contributed by atoms with E-state index in [9.17, 15) is 5.11 Å². The summed E-state index contributed by atoms with van der Waals surface area (Å²) >= 11 is 12.3. The Hall–Kier alpha value is -2.47. The fourth-order valence-electron chi connectivity index (χ4n) is 3.33. The molecule has 5 nitrogen and oxygen atoms in total. The predicted octanol–water partition coefficient (Wildman–Crippen LogP) is 5.13. The van der Waals surface area contributed by atoms with Crippen LogP contribution in [0.15, 0.2) is 72.6 Å². The molecule has 0 aliphatic carbocycles. The highest BCUT2D eigenvalue weighted by Gasteiger charge is 2.26. The molecule has 158 valence electrons. The van der Waals surface area contributed by atoms with Crippen LogP contribution < -0.4 is 14.4 Å². The molecule has 2 aromatic rings. The number of aromatic nitrogens is 1. The molecule has 1 aromatic heterocycles. The number of benzene rings is 1. The van der Waals surface area contributed by atoms with E-state index >= 15 is 0 Å². The summed E-state index contributed by atoms with van der Waals surface area (Å²) < 4.78 is 11.8. The number of pyridine rings is 1. The van der Waals surface area contributed by atoms with E-state index in [-0.39, 0.29) is 12.7 Å². The number of ether oxygens (including phenoxy) is 2. The third-order valence-electron chi connectivity index (χ3n) is 4.75. The van der Waals surface area contributed by atoms with Gasteiger partial charge in [-0.05, 0) is 54.5 Å². The lowest BCUT2D eigenvalue weighted by molar-refractivity contribution is 0.216. The van der Waals surface area contributed by atoms with Gasteiger partial charge in [0, 0.05) is 31.5 Å². The number of hydrogen-bond donors (Lipinski definition) is 1. The first-order valence-electron chi connectivity index (χ1n) is 9.64. The second-order valence-electron chi connectivity index (χ2n) is 6.75. The maximum atomic E-state index is 9.54. The highest BCUT2D eigenvalue weighted by atomic mass is 35.5. The van der Waals surface area contributed by atoms with Crippen molar-refractivity contribution in [1.82, 2.24) is 4.98 Å². The largest absolute Gasteiger partial charge is 0.471 e. The molecule has 2 heterocycles. The van der Waals surface area contributed by atoms with E-state index in [0.717, 1.165) is 24.2 Å². The van der Waals surface area contributed by atoms with Gasteiger partial charge in [-0.1, -0.05) is 36.4 Å². The van der Waals surface area contributed by atoms with Gasteiger partial charge in [-0.15, -0.1) is 0 Å². The summed E-state index contributed by atoms with van der Waals surface area (Å²) in [5, 5.41) is 10.4. The predicted molar refractivity (Wildman–Crippen MR) is 122 cm³/mol. The Morgan fingerprint density at radius 3 is 2.83 bits per heavy atom. The van der Waals surface area contributed by atoms with Crippen LogP contribution in [0.25, 0.3) is 0 Å². The molecule has 0 bridgehead atoms. The number of hydrogen-bond acceptors (Lipinski definition) is 5. The van der Waals surface area contributed by atoms with E-state index in [1.165, 1.54) is 12.2 Å². The first-order valence-corrected chi connectivity index (χ1v) is 10.4. The number of nitrogens with zero attached hydrogens (tertiary/aromatic N) is 2. The van der Waals surface area contributed by atoms with Gasteiger partial charge in [0.05, 0.1) is 11.6 Å². The maximum absolute atomic E-state index is 9.54. The fourth-order valence-corrected chi connectivity index (χ4v) is 3.61. The van der Waals surface area contributed by atoms with Gasteiger partial charge >= 0.3 is 0 Å². The zero-order valence-corrected chi connectivity index (χ0v) is 18.1. The number of halogens is 2. The smallest absolute Gasteiger partial charge is 0.232 e. The van der Waals surface area contributed by atoms with Crippen LogP contribution in [-0.2, 0) is 6.42 Å². The first kappa shape index (κ1) is 22.2. The summed E-state index contributed by atoms with van der Waals surface area (Å²) in [6.07, 6.45) is 6.04. The van der Waals surface area contributed by atoms with Gasteiger partial charge in [-0.3, -0.25) is 0 Å². The van der Waals surface area contributed by atoms with Gasteiger partial charge in [0.1, 0.15) is 22.6 Å². The lowest BCUT2D eigenvalue weighted by Gasteiger charge is -2.23. The molecule has 1 aliphatic rings. The van der Waals surface area contributed by atoms with Gasteiger partial charge in [0.25, 0.3) is 0 Å². The van der Waals surface area contributed by atoms with Crippen molar-refractivity contribution in [2.45, 2.75) is 18.9 Å². The minimum absolute atomic E-state index is 0.0167. The van der Waals surface area contributed by atoms with Crippen LogP contribution >= 0.6 is 23.2 Å². The maximum Gasteiger partial charge on any atom is 0.232 e. The lowest BCUT2D eigenvalue weighted by atomic mass is 10.1. The van der Waals surface area contributed by atoms with Gasteiger partial charge in [-0.2, -0.15) is 0 Å². The minimum Gasteiger partial charge on any atom is -0.471 e. The highest BCUT2D eigenvalue weighted by molar-refractivity contribution is 6.32. The van der Waals surface area contributed by atoms with Crippen molar-refractivity contribution in [3.63, 3.8) is 0 Å². The summed E-state index contributed by atoms with van der Waals surface area (Å²) in [7, 11) is 0. The number of rotatable bonds is 9. The third-order valence-corrected chi connectivity index (χ3v) is 5.38. The summed E-state index contributed by atoms with van der Waals surface area (Å²) in [6.45, 7) is 8.93. The zero-order chi connectivity index (χ0) is 21.5. The molecule has 0 radical (unpaired) electrons. The molecule has 1 aliphatic heterocycles. The van der Waals surface area contributed by atoms with Gasteiger partial charge in [0.2, 0.25) is 5.88 Å². The standard InChI is InChI=1S/C23H24Cl2N2O3/c1-3-19(24)22(4-2)29-17-7-8-21(16(14-17)10-13-28)27-12-9-18(15-27)30-23-20(25)6-5-11-26-23/h3-8,11,14,18,28H,1-2,9-10,12-13,15H2/b22-19-/t18-/m0/s1. The Kier molecular flexibility index (Phi) is 7.80. The van der Waals surface area contributed by atoms with Gasteiger partial charge < -0.3 is 19.5 Å². The quantitative estimate of drug-likeness (QED) is 0.427. The van der Waals surface area contributed by atoms with Crippen molar-refractivity contribution in [1.29, 1.82) is 0 Å². The molecular weight excluding hydrogens is 423 g/mol. The topological polar surface area (TPSA) is 54.8 Å². The van der Waals surface area contributed by atoms with Crippen LogP contribution in [0.5, 0.6) is 11.6 Å². The molecule has 0 amide bonds. The second kappa shape index (κ2) is 10.5. The molecule has 1 saturated heterocycles. The molecule has 0 saturated carbocycles. The summed E-state index contributed by atoms with van der Waals surface area (Å²) in [6, 6.07) is 9.30. The van der Waals surface area contributed by atoms with E-state index < -0.39 is 0 Å². The van der Waals surface area contributed by atoms with Crippen molar-refractivity contribution in [3.05, 3.63) is 83.2 Å². The minimum atomic E-state index is -0.0167. The second-order valence-corrected chi connectivity index (χ2v) is 7.57. The van der Waals surface area contributed by atoms with Crippen molar-refractivity contribution in [3.8, 4) is 11.6 Å². The normalized spacial score (nSPS) is 16.8. The van der Waals surface area contributed by atoms with Crippen LogP contribution in [0.2, 0.25) is 5.02 Å². The van der Waals surface area contributed by atoms with Crippen LogP contribution in [0, 0.1) is 0 Å². The fraction of sp³-hybridized carbons (Fsp3) is 0.261. The van der Waals surface area contributed by atoms with Crippen LogP contribution in [0.4, 0.5) is 5.69 Å². The molecule has 3 rings (SSSR count). The number of aliphatic hydroxyl groups is 1. The number of allylic oxidation sites excluding steroid dienone is 3. The SMILES string of the molecule is C=C/C(Cl)=C(\C=C)Oc1ccc(N2CC[C@H](Oc3ncccc3Cl)C2)c(CCO)c1. The molecule has 30 heavy (non-hydrogen) atoms. The molecule has 1 aromatic carbocycles. The van der Waals surface area contributed by atoms with E-state index in [4.69, 9.17) is 32.7 Å². The Labute approximate surface area is 186 Å². The van der Waals surface area contributed by atoms with Crippen molar-refractivity contribution in [2.24, 2.45) is 0 Å². The molecular formula is C23H24Cl2N2O3. The average molecular weight is 447 g/mol. The van der Waals surface area contributed by atoms with Crippen molar-refractivity contribution >= 4 is 28.9 Å². The van der Waals surface area contributed by atoms with Crippen LogP contribution in [0.3, 0.4) is 0 Å². The summed E-state index contributed by atoms with van der Waals surface area (Å²) in [5.74, 6) is 1.49. The third kappa shape index (κ3) is 5.36. The average Bonchev–Trinajstić information content (AvgIpc) is 3.22. The van der Waals surface area contributed by atoms with E-state index in [0.29, 0.717) is 40.4 Å². The molecule has 1 atom stereocenters. The van der Waals surface area contributed by atoms with E-state index in [2.05, 4.69) is 23.0 Å². The van der Waals surface area contributed by atoms with Crippen LogP contribution in [0.1, 0.15) is 12.0 Å². The lowest BCUT2D eigenvalue weighted by Crippen LogP contribution is -2.25. The Balaban J connectivity index is 1.76. The van der Waals surface area contributed by atoms with Crippen molar-refractivity contribution < 1.29 is 14.6 Å². The number of anilines is 1. The molecule has 7 heteroatoms. The molecule has 0 spiro atoms. The van der Waals surface area contributed by atoms with Gasteiger partial charge in [-0.25, -0.2) is 4.98 Å². The summed E-state index contributed by atoms with van der Waals surface area (Å²) in [4.78, 5) is 6.44. The Bertz CT molecular complexity index is 946. The van der Waals surface area contributed by atoms with E-state index in [1.807, 2.05) is 18.2 Å². The number of aliphatic hydroxyl groups excluding tert-OH is 1. The van der Waals surface area contributed by atoms with Gasteiger partial charge in [0.15, 0.2) is 0 Å². The van der Waals surface area contributed by atoms with E-state index in [1.54, 1.807) is 18.3 Å². The van der Waals surface area contributed by atoms with Crippen LogP contribution in [-0.4, -0.2) is 35.9 Å². The zero-order valence-electron chi connectivity index (χ0n) is 16.6. The summed E-state index contributed by atoms with van der Waals surface area (Å²) in [5.41, 5.74) is 2.01. The molecule has 1 N–H and O–H groups in total. The van der Waals surface area contributed by atoms with Crippen molar-refractivity contribution in [2.75, 3.05) is 24.6 Å². The molecule has 1 fully saturated rings. The molecule has 0 unspecified atom stereocenters. The first-order chi connectivity index (χ1) is 14.5. The Morgan fingerprint density at radius 1 is 1.30 bits per heavy atom.